The van der Waals surface area contributed by atoms with Gasteiger partial charge >= 0.3 is 0 Å². The molecule has 21 heavy (non-hydrogen) atoms. The van der Waals surface area contributed by atoms with Crippen molar-refractivity contribution in [2.75, 3.05) is 18.0 Å². The Labute approximate surface area is 127 Å². The van der Waals surface area contributed by atoms with Crippen molar-refractivity contribution in [1.82, 2.24) is 5.32 Å². The second-order valence-electron chi connectivity index (χ2n) is 6.71. The third-order valence-electron chi connectivity index (χ3n) is 4.61. The lowest BCUT2D eigenvalue weighted by Gasteiger charge is -2.29. The van der Waals surface area contributed by atoms with Crippen LogP contribution in [0, 0.1) is 11.7 Å². The van der Waals surface area contributed by atoms with Crippen molar-refractivity contribution in [3.8, 4) is 0 Å². The second kappa shape index (κ2) is 6.35. The number of benzene rings is 1. The molecule has 0 heterocycles. The minimum atomic E-state index is -0.124. The zero-order valence-corrected chi connectivity index (χ0v) is 13.2. The van der Waals surface area contributed by atoms with Crippen molar-refractivity contribution < 1.29 is 4.39 Å². The molecule has 1 unspecified atom stereocenters. The Morgan fingerprint density at radius 3 is 2.67 bits per heavy atom. The fourth-order valence-electron chi connectivity index (χ4n) is 3.01. The molecule has 0 amide bonds. The molecule has 1 aromatic carbocycles. The van der Waals surface area contributed by atoms with E-state index in [4.69, 9.17) is 0 Å². The second-order valence-corrected chi connectivity index (χ2v) is 6.71. The predicted molar refractivity (Wildman–Crippen MR) is 86.2 cm³/mol. The molecule has 3 heteroatoms. The average molecular weight is 290 g/mol. The van der Waals surface area contributed by atoms with Crippen molar-refractivity contribution >= 4 is 5.69 Å². The molecule has 116 valence electrons. The van der Waals surface area contributed by atoms with Crippen LogP contribution < -0.4 is 10.2 Å². The molecule has 0 aromatic heterocycles. The van der Waals surface area contributed by atoms with Gasteiger partial charge in [-0.05, 0) is 75.3 Å². The number of nitrogens with one attached hydrogen (secondary N) is 1. The summed E-state index contributed by atoms with van der Waals surface area (Å²) >= 11 is 0. The van der Waals surface area contributed by atoms with E-state index in [1.807, 2.05) is 6.07 Å². The largest absolute Gasteiger partial charge is 0.368 e. The first-order valence-electron chi connectivity index (χ1n) is 8.48. The van der Waals surface area contributed by atoms with Gasteiger partial charge in [0.2, 0.25) is 0 Å². The molecule has 1 N–H and O–H groups in total. The predicted octanol–water partition coefficient (Wildman–Crippen LogP) is 4.27. The van der Waals surface area contributed by atoms with Gasteiger partial charge in [-0.25, -0.2) is 4.39 Å². The van der Waals surface area contributed by atoms with Gasteiger partial charge in [0, 0.05) is 24.3 Å². The van der Waals surface area contributed by atoms with E-state index in [9.17, 15) is 4.39 Å². The van der Waals surface area contributed by atoms with Crippen molar-refractivity contribution in [2.45, 2.75) is 58.0 Å². The Morgan fingerprint density at radius 1 is 1.29 bits per heavy atom. The summed E-state index contributed by atoms with van der Waals surface area (Å²) in [5.74, 6) is 0.739. The van der Waals surface area contributed by atoms with E-state index >= 15 is 0 Å². The normalized spacial score (nSPS) is 19.6. The van der Waals surface area contributed by atoms with Crippen LogP contribution in [0.3, 0.4) is 0 Å². The van der Waals surface area contributed by atoms with Crippen molar-refractivity contribution in [1.29, 1.82) is 0 Å². The van der Waals surface area contributed by atoms with Crippen LogP contribution in [-0.4, -0.2) is 19.1 Å². The molecule has 0 bridgehead atoms. The third kappa shape index (κ3) is 3.76. The zero-order valence-electron chi connectivity index (χ0n) is 13.2. The van der Waals surface area contributed by atoms with Gasteiger partial charge in [-0.1, -0.05) is 6.92 Å². The van der Waals surface area contributed by atoms with Crippen LogP contribution in [0.1, 0.15) is 57.6 Å². The molecule has 0 saturated heterocycles. The molecule has 0 aliphatic heterocycles. The maximum Gasteiger partial charge on any atom is 0.123 e. The lowest BCUT2D eigenvalue weighted by atomic mass is 10.0. The summed E-state index contributed by atoms with van der Waals surface area (Å²) in [5.41, 5.74) is 2.37. The van der Waals surface area contributed by atoms with Gasteiger partial charge in [0.1, 0.15) is 5.82 Å². The number of hydrogen-bond donors (Lipinski definition) is 1. The van der Waals surface area contributed by atoms with Crippen molar-refractivity contribution in [3.63, 3.8) is 0 Å². The Morgan fingerprint density at radius 2 is 2.05 bits per heavy atom. The summed E-state index contributed by atoms with van der Waals surface area (Å²) in [7, 11) is 0. The van der Waals surface area contributed by atoms with Crippen LogP contribution in [0.2, 0.25) is 0 Å². The van der Waals surface area contributed by atoms with E-state index in [0.29, 0.717) is 6.04 Å². The van der Waals surface area contributed by atoms with Crippen molar-refractivity contribution in [3.05, 3.63) is 29.6 Å². The summed E-state index contributed by atoms with van der Waals surface area (Å²) in [6, 6.07) is 6.23. The molecule has 2 nitrogen and oxygen atoms in total. The third-order valence-corrected chi connectivity index (χ3v) is 4.61. The number of rotatable bonds is 8. The van der Waals surface area contributed by atoms with Gasteiger partial charge in [-0.3, -0.25) is 0 Å². The molecule has 0 spiro atoms. The quantitative estimate of drug-likeness (QED) is 0.769. The molecule has 2 fully saturated rings. The van der Waals surface area contributed by atoms with Gasteiger partial charge < -0.3 is 10.2 Å². The fraction of sp³-hybridized carbons (Fsp3) is 0.667. The van der Waals surface area contributed by atoms with E-state index in [-0.39, 0.29) is 11.9 Å². The molecule has 2 saturated carbocycles. The molecule has 2 aliphatic rings. The molecule has 3 rings (SSSR count). The molecule has 1 aromatic rings. The molecular formula is C18H27FN2. The summed E-state index contributed by atoms with van der Waals surface area (Å²) in [6.45, 7) is 6.44. The van der Waals surface area contributed by atoms with Crippen LogP contribution in [0.25, 0.3) is 0 Å². The van der Waals surface area contributed by atoms with Gasteiger partial charge in [-0.15, -0.1) is 0 Å². The van der Waals surface area contributed by atoms with Crippen LogP contribution in [0.4, 0.5) is 10.1 Å². The number of nitrogens with zero attached hydrogens (tertiary/aromatic N) is 1. The number of hydrogen-bond acceptors (Lipinski definition) is 2. The van der Waals surface area contributed by atoms with Gasteiger partial charge in [0.15, 0.2) is 0 Å². The highest BCUT2D eigenvalue weighted by Crippen LogP contribution is 2.40. The van der Waals surface area contributed by atoms with Crippen LogP contribution in [0.5, 0.6) is 0 Å². The maximum absolute atomic E-state index is 13.7. The summed E-state index contributed by atoms with van der Waals surface area (Å²) in [6.07, 6.45) is 6.41. The Balaban J connectivity index is 1.84. The van der Waals surface area contributed by atoms with E-state index in [1.54, 1.807) is 12.1 Å². The zero-order chi connectivity index (χ0) is 14.8. The topological polar surface area (TPSA) is 15.3 Å². The lowest BCUT2D eigenvalue weighted by Crippen LogP contribution is -2.31. The first-order valence-corrected chi connectivity index (χ1v) is 8.48. The van der Waals surface area contributed by atoms with Gasteiger partial charge in [0.05, 0.1) is 0 Å². The van der Waals surface area contributed by atoms with Gasteiger partial charge in [0.25, 0.3) is 0 Å². The SMILES string of the molecule is CCCNC(C)c1cc(F)ccc1N(CC1CC1)C1CC1. The highest BCUT2D eigenvalue weighted by Gasteiger charge is 2.35. The van der Waals surface area contributed by atoms with E-state index in [2.05, 4.69) is 24.1 Å². The molecular weight excluding hydrogens is 263 g/mol. The Bertz CT molecular complexity index is 480. The van der Waals surface area contributed by atoms with E-state index in [0.717, 1.165) is 31.0 Å². The minimum absolute atomic E-state index is 0.124. The Kier molecular flexibility index (Phi) is 4.48. The van der Waals surface area contributed by atoms with Crippen LogP contribution >= 0.6 is 0 Å². The van der Waals surface area contributed by atoms with Crippen molar-refractivity contribution in [2.24, 2.45) is 5.92 Å². The summed E-state index contributed by atoms with van der Waals surface area (Å²) in [4.78, 5) is 2.55. The first-order chi connectivity index (χ1) is 10.2. The van der Waals surface area contributed by atoms with E-state index < -0.39 is 0 Å². The fourth-order valence-corrected chi connectivity index (χ4v) is 3.01. The highest BCUT2D eigenvalue weighted by atomic mass is 19.1. The molecule has 1 atom stereocenters. The highest BCUT2D eigenvalue weighted by molar-refractivity contribution is 5.57. The van der Waals surface area contributed by atoms with Gasteiger partial charge in [-0.2, -0.15) is 0 Å². The average Bonchev–Trinajstić information content (AvgIpc) is 3.36. The number of halogens is 1. The standard InChI is InChI=1S/C18H27FN2/c1-3-10-20-13(2)17-11-15(19)6-9-18(17)21(16-7-8-16)12-14-4-5-14/h6,9,11,13-14,16,20H,3-5,7-8,10,12H2,1-2H3. The maximum atomic E-state index is 13.7. The van der Waals surface area contributed by atoms with Crippen LogP contribution in [-0.2, 0) is 0 Å². The molecule has 2 aliphatic carbocycles. The summed E-state index contributed by atoms with van der Waals surface area (Å²) < 4.78 is 13.7. The number of anilines is 1. The lowest BCUT2D eigenvalue weighted by molar-refractivity contribution is 0.559. The summed E-state index contributed by atoms with van der Waals surface area (Å²) in [5, 5.41) is 3.51. The Hall–Kier alpha value is -1.09. The smallest absolute Gasteiger partial charge is 0.123 e. The van der Waals surface area contributed by atoms with Crippen LogP contribution in [0.15, 0.2) is 18.2 Å². The first kappa shape index (κ1) is 14.8. The van der Waals surface area contributed by atoms with E-state index in [1.165, 1.54) is 31.4 Å². The molecule has 0 radical (unpaired) electrons. The minimum Gasteiger partial charge on any atom is -0.368 e. The monoisotopic (exact) mass is 290 g/mol.